The number of carbonyl (C=O) groups is 1. The lowest BCUT2D eigenvalue weighted by molar-refractivity contribution is 0.0690. The molecule has 0 radical (unpaired) electrons. The number of rotatable bonds is 5. The molecule has 0 aliphatic carbocycles. The fourth-order valence-electron chi connectivity index (χ4n) is 2.05. The normalized spacial score (nSPS) is 15.8. The second-order valence-corrected chi connectivity index (χ2v) is 4.54. The molecule has 1 aromatic heterocycles. The third-order valence-electron chi connectivity index (χ3n) is 3.18. The van der Waals surface area contributed by atoms with Crippen molar-refractivity contribution in [3.8, 4) is 0 Å². The van der Waals surface area contributed by atoms with E-state index in [0.29, 0.717) is 5.82 Å². The van der Waals surface area contributed by atoms with Gasteiger partial charge in [-0.2, -0.15) is 0 Å². The average Bonchev–Trinajstić information content (AvgIpc) is 2.89. The fraction of sp³-hybridized carbons (Fsp3) is 0.583. The summed E-state index contributed by atoms with van der Waals surface area (Å²) in [6, 6.07) is 0. The first-order valence-electron chi connectivity index (χ1n) is 6.15. The second kappa shape index (κ2) is 5.77. The Bertz CT molecular complexity index is 418. The van der Waals surface area contributed by atoms with Crippen molar-refractivity contribution in [3.05, 3.63) is 18.1 Å². The van der Waals surface area contributed by atoms with Crippen LogP contribution in [-0.2, 0) is 0 Å². The maximum Gasteiger partial charge on any atom is 0.356 e. The van der Waals surface area contributed by atoms with Crippen molar-refractivity contribution in [2.75, 3.05) is 38.1 Å². The molecule has 0 spiro atoms. The van der Waals surface area contributed by atoms with E-state index in [9.17, 15) is 4.79 Å². The summed E-state index contributed by atoms with van der Waals surface area (Å²) in [7, 11) is 1.91. The van der Waals surface area contributed by atoms with Crippen molar-refractivity contribution in [2.24, 2.45) is 0 Å². The molecule has 0 unspecified atom stereocenters. The van der Waals surface area contributed by atoms with Crippen LogP contribution in [0.5, 0.6) is 0 Å². The molecule has 2 rings (SSSR count). The molecule has 0 saturated carbocycles. The van der Waals surface area contributed by atoms with E-state index in [1.807, 2.05) is 11.9 Å². The van der Waals surface area contributed by atoms with Gasteiger partial charge in [0.1, 0.15) is 5.82 Å². The summed E-state index contributed by atoms with van der Waals surface area (Å²) in [5, 5.41) is 8.86. The van der Waals surface area contributed by atoms with Gasteiger partial charge < -0.3 is 14.9 Å². The SMILES string of the molecule is CN(CCN1CCCC1)c1cncc(C(=O)O)n1. The Kier molecular flexibility index (Phi) is 4.09. The fourth-order valence-corrected chi connectivity index (χ4v) is 2.05. The van der Waals surface area contributed by atoms with Gasteiger partial charge in [-0.25, -0.2) is 9.78 Å². The summed E-state index contributed by atoms with van der Waals surface area (Å²) in [6.45, 7) is 4.14. The molecule has 1 saturated heterocycles. The maximum absolute atomic E-state index is 10.8. The third kappa shape index (κ3) is 3.16. The smallest absolute Gasteiger partial charge is 0.356 e. The summed E-state index contributed by atoms with van der Waals surface area (Å²) in [5.41, 5.74) is -0.0134. The molecular weight excluding hydrogens is 232 g/mol. The average molecular weight is 250 g/mol. The highest BCUT2D eigenvalue weighted by atomic mass is 16.4. The largest absolute Gasteiger partial charge is 0.476 e. The van der Waals surface area contributed by atoms with Crippen molar-refractivity contribution in [3.63, 3.8) is 0 Å². The molecule has 98 valence electrons. The summed E-state index contributed by atoms with van der Waals surface area (Å²) in [5.74, 6) is -0.439. The number of aromatic carboxylic acids is 1. The van der Waals surface area contributed by atoms with Gasteiger partial charge in [-0.15, -0.1) is 0 Å². The van der Waals surface area contributed by atoms with Crippen LogP contribution in [0.2, 0.25) is 0 Å². The Morgan fingerprint density at radius 2 is 2.17 bits per heavy atom. The van der Waals surface area contributed by atoms with Crippen LogP contribution in [0.15, 0.2) is 12.4 Å². The van der Waals surface area contributed by atoms with Gasteiger partial charge in [0.2, 0.25) is 0 Å². The molecule has 0 amide bonds. The first kappa shape index (κ1) is 12.8. The van der Waals surface area contributed by atoms with Crippen LogP contribution in [-0.4, -0.2) is 59.2 Å². The van der Waals surface area contributed by atoms with E-state index < -0.39 is 5.97 Å². The zero-order valence-corrected chi connectivity index (χ0v) is 10.5. The highest BCUT2D eigenvalue weighted by molar-refractivity contribution is 5.85. The summed E-state index contributed by atoms with van der Waals surface area (Å²) in [6.07, 6.45) is 5.41. The Hall–Kier alpha value is -1.69. The summed E-state index contributed by atoms with van der Waals surface area (Å²) >= 11 is 0. The number of likely N-dealkylation sites (N-methyl/N-ethyl adjacent to an activating group) is 1. The molecular formula is C12H18N4O2. The van der Waals surface area contributed by atoms with Gasteiger partial charge in [-0.1, -0.05) is 0 Å². The van der Waals surface area contributed by atoms with Crippen LogP contribution in [0.25, 0.3) is 0 Å². The zero-order chi connectivity index (χ0) is 13.0. The van der Waals surface area contributed by atoms with Crippen LogP contribution in [0, 0.1) is 0 Å². The van der Waals surface area contributed by atoms with Crippen LogP contribution in [0.3, 0.4) is 0 Å². The molecule has 0 aromatic carbocycles. The maximum atomic E-state index is 10.8. The molecule has 0 bridgehead atoms. The van der Waals surface area contributed by atoms with Crippen LogP contribution < -0.4 is 4.90 Å². The number of likely N-dealkylation sites (tertiary alicyclic amines) is 1. The van der Waals surface area contributed by atoms with E-state index >= 15 is 0 Å². The number of nitrogens with zero attached hydrogens (tertiary/aromatic N) is 4. The standard InChI is InChI=1S/C12H18N4O2/c1-15(6-7-16-4-2-3-5-16)11-9-13-8-10(14-11)12(17)18/h8-9H,2-7H2,1H3,(H,17,18). The lowest BCUT2D eigenvalue weighted by atomic mass is 10.4. The Balaban J connectivity index is 1.93. The van der Waals surface area contributed by atoms with Gasteiger partial charge in [0.15, 0.2) is 5.69 Å². The molecule has 1 aliphatic rings. The molecule has 18 heavy (non-hydrogen) atoms. The van der Waals surface area contributed by atoms with E-state index in [0.717, 1.165) is 26.2 Å². The van der Waals surface area contributed by atoms with E-state index in [4.69, 9.17) is 5.11 Å². The number of anilines is 1. The number of hydrogen-bond donors (Lipinski definition) is 1. The third-order valence-corrected chi connectivity index (χ3v) is 3.18. The van der Waals surface area contributed by atoms with Crippen molar-refractivity contribution in [1.82, 2.24) is 14.9 Å². The van der Waals surface area contributed by atoms with E-state index in [2.05, 4.69) is 14.9 Å². The minimum atomic E-state index is -1.04. The number of hydrogen-bond acceptors (Lipinski definition) is 5. The van der Waals surface area contributed by atoms with Gasteiger partial charge in [0.05, 0.1) is 12.4 Å². The Labute approximate surface area is 106 Å². The first-order chi connectivity index (χ1) is 8.66. The van der Waals surface area contributed by atoms with Crippen LogP contribution in [0.4, 0.5) is 5.82 Å². The molecule has 1 aromatic rings. The highest BCUT2D eigenvalue weighted by Crippen LogP contribution is 2.10. The molecule has 1 fully saturated rings. The molecule has 6 nitrogen and oxygen atoms in total. The van der Waals surface area contributed by atoms with E-state index in [1.165, 1.54) is 19.0 Å². The van der Waals surface area contributed by atoms with Gasteiger partial charge in [-0.3, -0.25) is 4.98 Å². The molecule has 6 heteroatoms. The summed E-state index contributed by atoms with van der Waals surface area (Å²) < 4.78 is 0. The monoisotopic (exact) mass is 250 g/mol. The van der Waals surface area contributed by atoms with Crippen LogP contribution >= 0.6 is 0 Å². The molecule has 2 heterocycles. The Morgan fingerprint density at radius 3 is 2.83 bits per heavy atom. The molecule has 1 N–H and O–H groups in total. The minimum absolute atomic E-state index is 0.0134. The predicted molar refractivity (Wildman–Crippen MR) is 67.9 cm³/mol. The lowest BCUT2D eigenvalue weighted by Crippen LogP contribution is -2.32. The van der Waals surface area contributed by atoms with Gasteiger partial charge in [0, 0.05) is 20.1 Å². The number of aromatic nitrogens is 2. The van der Waals surface area contributed by atoms with Crippen molar-refractivity contribution in [1.29, 1.82) is 0 Å². The second-order valence-electron chi connectivity index (χ2n) is 4.54. The van der Waals surface area contributed by atoms with Crippen molar-refractivity contribution < 1.29 is 9.90 Å². The quantitative estimate of drug-likeness (QED) is 0.830. The van der Waals surface area contributed by atoms with Crippen LogP contribution in [0.1, 0.15) is 23.3 Å². The predicted octanol–water partition coefficient (Wildman–Crippen LogP) is 0.707. The molecule has 1 aliphatic heterocycles. The molecule has 0 atom stereocenters. The summed E-state index contributed by atoms with van der Waals surface area (Å²) in [4.78, 5) is 23.1. The van der Waals surface area contributed by atoms with Gasteiger partial charge in [0.25, 0.3) is 0 Å². The van der Waals surface area contributed by atoms with Crippen molar-refractivity contribution >= 4 is 11.8 Å². The van der Waals surface area contributed by atoms with E-state index in [1.54, 1.807) is 6.20 Å². The topological polar surface area (TPSA) is 69.6 Å². The Morgan fingerprint density at radius 1 is 1.44 bits per heavy atom. The zero-order valence-electron chi connectivity index (χ0n) is 10.5. The van der Waals surface area contributed by atoms with E-state index in [-0.39, 0.29) is 5.69 Å². The number of carboxylic acid groups (broad SMARTS) is 1. The van der Waals surface area contributed by atoms with Gasteiger partial charge in [-0.05, 0) is 25.9 Å². The van der Waals surface area contributed by atoms with Crippen molar-refractivity contribution in [2.45, 2.75) is 12.8 Å². The van der Waals surface area contributed by atoms with Gasteiger partial charge >= 0.3 is 5.97 Å². The first-order valence-corrected chi connectivity index (χ1v) is 6.15. The highest BCUT2D eigenvalue weighted by Gasteiger charge is 2.13. The lowest BCUT2D eigenvalue weighted by Gasteiger charge is -2.22. The minimum Gasteiger partial charge on any atom is -0.476 e. The number of carboxylic acids is 1.